The number of halogens is 2. The molecule has 6 nitrogen and oxygen atoms in total. The predicted octanol–water partition coefficient (Wildman–Crippen LogP) is 3.90. The normalized spacial score (nSPS) is 15.7. The van der Waals surface area contributed by atoms with E-state index in [-0.39, 0.29) is 36.3 Å². The van der Waals surface area contributed by atoms with Crippen molar-refractivity contribution in [3.8, 4) is 11.8 Å². The molecule has 1 fully saturated rings. The number of guanidine groups is 1. The summed E-state index contributed by atoms with van der Waals surface area (Å²) in [6.45, 7) is 4.96. The summed E-state index contributed by atoms with van der Waals surface area (Å²) in [5, 5.41) is 15.3. The van der Waals surface area contributed by atoms with Crippen molar-refractivity contribution in [2.75, 3.05) is 26.9 Å². The summed E-state index contributed by atoms with van der Waals surface area (Å²) in [6, 6.07) is 12.4. The maximum Gasteiger partial charge on any atom is 0.191 e. The number of aryl methyl sites for hydroxylation is 1. The molecule has 1 saturated heterocycles. The van der Waals surface area contributed by atoms with E-state index in [1.54, 1.807) is 7.05 Å². The minimum absolute atomic E-state index is 0. The van der Waals surface area contributed by atoms with Gasteiger partial charge in [0.1, 0.15) is 11.6 Å². The fourth-order valence-corrected chi connectivity index (χ4v) is 3.22. The largest absolute Gasteiger partial charge is 0.493 e. The average Bonchev–Trinajstić information content (AvgIpc) is 3.28. The van der Waals surface area contributed by atoms with E-state index in [9.17, 15) is 4.39 Å². The lowest BCUT2D eigenvalue weighted by molar-refractivity contribution is 0.166. The summed E-state index contributed by atoms with van der Waals surface area (Å²) < 4.78 is 25.5. The van der Waals surface area contributed by atoms with E-state index >= 15 is 0 Å². The van der Waals surface area contributed by atoms with Gasteiger partial charge in [0.05, 0.1) is 24.8 Å². The number of benzene rings is 2. The van der Waals surface area contributed by atoms with Crippen molar-refractivity contribution < 1.29 is 13.9 Å². The zero-order chi connectivity index (χ0) is 21.3. The van der Waals surface area contributed by atoms with Gasteiger partial charge < -0.3 is 20.1 Å². The van der Waals surface area contributed by atoms with Crippen LogP contribution >= 0.6 is 24.0 Å². The van der Waals surface area contributed by atoms with Gasteiger partial charge in [0, 0.05) is 43.8 Å². The van der Waals surface area contributed by atoms with Gasteiger partial charge in [-0.1, -0.05) is 12.1 Å². The summed E-state index contributed by atoms with van der Waals surface area (Å²) in [5.41, 5.74) is 2.98. The van der Waals surface area contributed by atoms with Gasteiger partial charge in [-0.3, -0.25) is 4.99 Å². The van der Waals surface area contributed by atoms with Crippen LogP contribution in [0.4, 0.5) is 4.39 Å². The van der Waals surface area contributed by atoms with Crippen molar-refractivity contribution in [3.63, 3.8) is 0 Å². The molecular formula is C23H28FIN4O2. The number of hydrogen-bond donors (Lipinski definition) is 2. The summed E-state index contributed by atoms with van der Waals surface area (Å²) in [5.74, 6) is 1.45. The Balaban J connectivity index is 0.00000341. The minimum atomic E-state index is -0.359. The van der Waals surface area contributed by atoms with E-state index < -0.39 is 0 Å². The molecule has 0 aliphatic carbocycles. The van der Waals surface area contributed by atoms with Crippen LogP contribution in [0.3, 0.4) is 0 Å². The summed E-state index contributed by atoms with van der Waals surface area (Å²) in [6.07, 6.45) is 1.03. The van der Waals surface area contributed by atoms with E-state index in [0.29, 0.717) is 36.2 Å². The van der Waals surface area contributed by atoms with Crippen molar-refractivity contribution in [3.05, 3.63) is 64.5 Å². The molecule has 166 valence electrons. The lowest BCUT2D eigenvalue weighted by Crippen LogP contribution is -2.36. The predicted molar refractivity (Wildman–Crippen MR) is 129 cm³/mol. The SMILES string of the molecule is CN=C(NCc1cc(C#N)ccc1F)NCc1ccc(C)cc1OCC1CCOC1.I. The first-order valence-corrected chi connectivity index (χ1v) is 10.0. The Morgan fingerprint density at radius 1 is 1.23 bits per heavy atom. The molecule has 31 heavy (non-hydrogen) atoms. The second kappa shape index (κ2) is 12.5. The maximum atomic E-state index is 14.0. The van der Waals surface area contributed by atoms with Crippen LogP contribution in [0.25, 0.3) is 0 Å². The molecule has 8 heteroatoms. The molecule has 2 N–H and O–H groups in total. The first kappa shape index (κ1) is 24.9. The van der Waals surface area contributed by atoms with Crippen LogP contribution in [0.1, 0.15) is 28.7 Å². The van der Waals surface area contributed by atoms with Gasteiger partial charge in [-0.15, -0.1) is 24.0 Å². The zero-order valence-corrected chi connectivity index (χ0v) is 20.1. The van der Waals surface area contributed by atoms with Crippen LogP contribution < -0.4 is 15.4 Å². The molecule has 3 rings (SSSR count). The van der Waals surface area contributed by atoms with Crippen molar-refractivity contribution in [2.45, 2.75) is 26.4 Å². The highest BCUT2D eigenvalue weighted by atomic mass is 127. The standard InChI is InChI=1S/C23H27FN4O2.HI/c1-16-3-5-19(22(9-16)30-15-18-7-8-29-14-18)12-27-23(26-2)28-13-20-10-17(11-25)4-6-21(20)24;/h3-6,9-10,18H,7-8,12-15H2,1-2H3,(H2,26,27,28);1H. The van der Waals surface area contributed by atoms with Crippen molar-refractivity contribution in [1.29, 1.82) is 5.26 Å². The lowest BCUT2D eigenvalue weighted by Gasteiger charge is -2.17. The molecular weight excluding hydrogens is 510 g/mol. The molecule has 2 aromatic rings. The van der Waals surface area contributed by atoms with E-state index in [4.69, 9.17) is 14.7 Å². The van der Waals surface area contributed by atoms with Gasteiger partial charge in [0.15, 0.2) is 5.96 Å². The monoisotopic (exact) mass is 538 g/mol. The number of nitriles is 1. The number of hydrogen-bond acceptors (Lipinski definition) is 4. The molecule has 0 spiro atoms. The van der Waals surface area contributed by atoms with E-state index in [1.165, 1.54) is 18.2 Å². The Labute approximate surface area is 199 Å². The second-order valence-corrected chi connectivity index (χ2v) is 7.35. The van der Waals surface area contributed by atoms with Crippen LogP contribution in [0.5, 0.6) is 5.75 Å². The first-order chi connectivity index (χ1) is 14.6. The molecule has 0 amide bonds. The van der Waals surface area contributed by atoms with E-state index in [0.717, 1.165) is 36.5 Å². The van der Waals surface area contributed by atoms with Gasteiger partial charge >= 0.3 is 0 Å². The Morgan fingerprint density at radius 3 is 2.68 bits per heavy atom. The zero-order valence-electron chi connectivity index (χ0n) is 17.8. The van der Waals surface area contributed by atoms with E-state index in [1.807, 2.05) is 31.2 Å². The maximum absolute atomic E-state index is 14.0. The van der Waals surface area contributed by atoms with Gasteiger partial charge in [-0.2, -0.15) is 5.26 Å². The second-order valence-electron chi connectivity index (χ2n) is 7.35. The number of ether oxygens (including phenoxy) is 2. The van der Waals surface area contributed by atoms with Crippen molar-refractivity contribution >= 4 is 29.9 Å². The third-order valence-corrected chi connectivity index (χ3v) is 5.01. The highest BCUT2D eigenvalue weighted by Crippen LogP contribution is 2.22. The highest BCUT2D eigenvalue weighted by Gasteiger charge is 2.17. The molecule has 1 atom stereocenters. The molecule has 0 bridgehead atoms. The third kappa shape index (κ3) is 7.36. The molecule has 0 radical (unpaired) electrons. The van der Waals surface area contributed by atoms with Gasteiger partial charge in [0.2, 0.25) is 0 Å². The Hall–Kier alpha value is -2.38. The molecule has 0 aromatic heterocycles. The van der Waals surface area contributed by atoms with Gasteiger partial charge in [0.25, 0.3) is 0 Å². The van der Waals surface area contributed by atoms with Crippen molar-refractivity contribution in [2.24, 2.45) is 10.9 Å². The van der Waals surface area contributed by atoms with Crippen LogP contribution in [0.2, 0.25) is 0 Å². The smallest absolute Gasteiger partial charge is 0.191 e. The molecule has 1 aliphatic rings. The van der Waals surface area contributed by atoms with Crippen LogP contribution in [0, 0.1) is 30.0 Å². The summed E-state index contributed by atoms with van der Waals surface area (Å²) in [4.78, 5) is 4.20. The number of rotatable bonds is 7. The molecule has 1 aliphatic heterocycles. The Bertz CT molecular complexity index is 940. The fraction of sp³-hybridized carbons (Fsp3) is 0.391. The minimum Gasteiger partial charge on any atom is -0.493 e. The van der Waals surface area contributed by atoms with Crippen LogP contribution in [-0.4, -0.2) is 32.8 Å². The topological polar surface area (TPSA) is 78.7 Å². The average molecular weight is 538 g/mol. The third-order valence-electron chi connectivity index (χ3n) is 5.01. The Kier molecular flexibility index (Phi) is 10.0. The highest BCUT2D eigenvalue weighted by molar-refractivity contribution is 14.0. The van der Waals surface area contributed by atoms with Crippen LogP contribution in [-0.2, 0) is 17.8 Å². The lowest BCUT2D eigenvalue weighted by atomic mass is 10.1. The molecule has 2 aromatic carbocycles. The van der Waals surface area contributed by atoms with Crippen LogP contribution in [0.15, 0.2) is 41.4 Å². The van der Waals surface area contributed by atoms with Gasteiger partial charge in [-0.05, 0) is 43.2 Å². The summed E-state index contributed by atoms with van der Waals surface area (Å²) in [7, 11) is 1.66. The quantitative estimate of drug-likeness (QED) is 0.318. The van der Waals surface area contributed by atoms with Gasteiger partial charge in [-0.25, -0.2) is 4.39 Å². The first-order valence-electron chi connectivity index (χ1n) is 10.0. The number of aliphatic imine (C=N–C) groups is 1. The fourth-order valence-electron chi connectivity index (χ4n) is 3.22. The Morgan fingerprint density at radius 2 is 2.00 bits per heavy atom. The van der Waals surface area contributed by atoms with E-state index in [2.05, 4.69) is 15.6 Å². The molecule has 1 unspecified atom stereocenters. The number of nitrogens with one attached hydrogen (secondary N) is 2. The summed E-state index contributed by atoms with van der Waals surface area (Å²) >= 11 is 0. The van der Waals surface area contributed by atoms with Crippen molar-refractivity contribution in [1.82, 2.24) is 10.6 Å². The number of nitrogens with zero attached hydrogens (tertiary/aromatic N) is 2. The molecule has 0 saturated carbocycles. The molecule has 1 heterocycles.